The van der Waals surface area contributed by atoms with Crippen molar-refractivity contribution in [3.63, 3.8) is 0 Å². The van der Waals surface area contributed by atoms with Crippen molar-refractivity contribution in [1.29, 1.82) is 0 Å². The van der Waals surface area contributed by atoms with E-state index in [-0.39, 0.29) is 24.0 Å². The van der Waals surface area contributed by atoms with Crippen molar-refractivity contribution >= 4 is 5.91 Å². The van der Waals surface area contributed by atoms with Crippen LogP contribution in [0.2, 0.25) is 0 Å². The van der Waals surface area contributed by atoms with Crippen LogP contribution in [-0.4, -0.2) is 34.7 Å². The zero-order chi connectivity index (χ0) is 16.5. The Hall–Kier alpha value is -2.34. The molecule has 126 valence electrons. The smallest absolute Gasteiger partial charge is 0.231 e. The van der Waals surface area contributed by atoms with E-state index < -0.39 is 0 Å². The topological polar surface area (TPSA) is 65.4 Å². The molecule has 0 saturated carbocycles. The number of hydrogen-bond acceptors (Lipinski definition) is 4. The predicted molar refractivity (Wildman–Crippen MR) is 87.7 cm³/mol. The number of benzene rings is 1. The van der Waals surface area contributed by atoms with E-state index in [0.29, 0.717) is 13.2 Å². The third kappa shape index (κ3) is 2.78. The maximum absolute atomic E-state index is 12.7. The molecule has 1 amide bonds. The molecule has 6 heteroatoms. The number of carbonyl (C=O) groups is 1. The Balaban J connectivity index is 1.42. The van der Waals surface area contributed by atoms with E-state index in [1.807, 2.05) is 42.1 Å². The minimum Gasteiger partial charge on any atom is -0.492 e. The maximum Gasteiger partial charge on any atom is 0.231 e. The highest BCUT2D eigenvalue weighted by atomic mass is 16.5. The third-order valence-corrected chi connectivity index (χ3v) is 4.83. The van der Waals surface area contributed by atoms with Crippen molar-refractivity contribution in [2.24, 2.45) is 7.05 Å². The van der Waals surface area contributed by atoms with Crippen LogP contribution in [0.1, 0.15) is 36.1 Å². The van der Waals surface area contributed by atoms with Crippen molar-refractivity contribution in [2.45, 2.75) is 30.9 Å². The van der Waals surface area contributed by atoms with Gasteiger partial charge < -0.3 is 19.4 Å². The Bertz CT molecular complexity index is 743. The van der Waals surface area contributed by atoms with Gasteiger partial charge in [-0.15, -0.1) is 0 Å². The van der Waals surface area contributed by atoms with E-state index >= 15 is 0 Å². The molecule has 1 aromatic carbocycles. The first kappa shape index (κ1) is 15.2. The Kier molecular flexibility index (Phi) is 3.98. The number of carbonyl (C=O) groups excluding carboxylic acids is 1. The molecule has 1 N–H and O–H groups in total. The van der Waals surface area contributed by atoms with Gasteiger partial charge in [0.1, 0.15) is 24.4 Å². The largest absolute Gasteiger partial charge is 0.492 e. The Labute approximate surface area is 140 Å². The SMILES string of the molecule is Cn1cncc1[C@@H]1C[C@H](NC(=O)[C@H]2COc3ccccc32)CCO1. The summed E-state index contributed by atoms with van der Waals surface area (Å²) in [5.74, 6) is 0.632. The lowest BCUT2D eigenvalue weighted by Gasteiger charge is -2.30. The molecule has 0 spiro atoms. The monoisotopic (exact) mass is 327 g/mol. The minimum absolute atomic E-state index is 0.0244. The fourth-order valence-electron chi connectivity index (χ4n) is 3.49. The normalized spacial score (nSPS) is 25.8. The zero-order valence-corrected chi connectivity index (χ0v) is 13.6. The molecule has 1 fully saturated rings. The fourth-order valence-corrected chi connectivity index (χ4v) is 3.49. The highest BCUT2D eigenvalue weighted by Gasteiger charge is 2.33. The predicted octanol–water partition coefficient (Wildman–Crippen LogP) is 1.93. The average Bonchev–Trinajstić information content (AvgIpc) is 3.21. The van der Waals surface area contributed by atoms with Crippen LogP contribution >= 0.6 is 0 Å². The molecule has 24 heavy (non-hydrogen) atoms. The number of fused-ring (bicyclic) bond motifs is 1. The van der Waals surface area contributed by atoms with Gasteiger partial charge in [0.2, 0.25) is 5.91 Å². The van der Waals surface area contributed by atoms with Gasteiger partial charge in [-0.05, 0) is 18.9 Å². The molecule has 2 aliphatic heterocycles. The Morgan fingerprint density at radius 2 is 2.25 bits per heavy atom. The highest BCUT2D eigenvalue weighted by Crippen LogP contribution is 2.34. The summed E-state index contributed by atoms with van der Waals surface area (Å²) in [5.41, 5.74) is 2.02. The maximum atomic E-state index is 12.7. The zero-order valence-electron chi connectivity index (χ0n) is 13.6. The second-order valence-corrected chi connectivity index (χ2v) is 6.42. The fraction of sp³-hybridized carbons (Fsp3) is 0.444. The van der Waals surface area contributed by atoms with Crippen molar-refractivity contribution in [3.8, 4) is 5.75 Å². The number of amides is 1. The van der Waals surface area contributed by atoms with E-state index in [9.17, 15) is 4.79 Å². The van der Waals surface area contributed by atoms with Crippen LogP contribution in [0, 0.1) is 0 Å². The van der Waals surface area contributed by atoms with Crippen molar-refractivity contribution in [2.75, 3.05) is 13.2 Å². The lowest BCUT2D eigenvalue weighted by molar-refractivity contribution is -0.124. The number of aryl methyl sites for hydroxylation is 1. The number of imidazole rings is 1. The Morgan fingerprint density at radius 3 is 3.08 bits per heavy atom. The van der Waals surface area contributed by atoms with Crippen LogP contribution in [0.25, 0.3) is 0 Å². The minimum atomic E-state index is -0.223. The van der Waals surface area contributed by atoms with Crippen LogP contribution in [0.3, 0.4) is 0 Å². The van der Waals surface area contributed by atoms with Gasteiger partial charge in [0.25, 0.3) is 0 Å². The standard InChI is InChI=1S/C18H21N3O3/c1-21-11-19-9-15(21)17-8-12(6-7-23-17)20-18(22)14-10-24-16-5-3-2-4-13(14)16/h2-5,9,11-12,14,17H,6-8,10H2,1H3,(H,20,22)/t12-,14+,17+/m1/s1. The molecular weight excluding hydrogens is 306 g/mol. The molecule has 0 unspecified atom stereocenters. The molecule has 6 nitrogen and oxygen atoms in total. The molecule has 0 bridgehead atoms. The van der Waals surface area contributed by atoms with Gasteiger partial charge in [0, 0.05) is 25.3 Å². The van der Waals surface area contributed by atoms with Gasteiger partial charge in [0.05, 0.1) is 18.2 Å². The summed E-state index contributed by atoms with van der Waals surface area (Å²) >= 11 is 0. The first-order valence-corrected chi connectivity index (χ1v) is 8.32. The first-order valence-electron chi connectivity index (χ1n) is 8.32. The number of aromatic nitrogens is 2. The third-order valence-electron chi connectivity index (χ3n) is 4.83. The highest BCUT2D eigenvalue weighted by molar-refractivity contribution is 5.85. The summed E-state index contributed by atoms with van der Waals surface area (Å²) in [4.78, 5) is 16.8. The van der Waals surface area contributed by atoms with Crippen molar-refractivity contribution in [3.05, 3.63) is 48.0 Å². The van der Waals surface area contributed by atoms with Crippen molar-refractivity contribution < 1.29 is 14.3 Å². The molecule has 3 heterocycles. The average molecular weight is 327 g/mol. The van der Waals surface area contributed by atoms with Gasteiger partial charge in [-0.25, -0.2) is 4.98 Å². The van der Waals surface area contributed by atoms with Crippen LogP contribution in [0.4, 0.5) is 0 Å². The number of nitrogens with zero attached hydrogens (tertiary/aromatic N) is 2. The summed E-state index contributed by atoms with van der Waals surface area (Å²) in [5, 5.41) is 3.18. The molecular formula is C18H21N3O3. The first-order chi connectivity index (χ1) is 11.7. The van der Waals surface area contributed by atoms with Gasteiger partial charge >= 0.3 is 0 Å². The second kappa shape index (κ2) is 6.28. The number of para-hydroxylation sites is 1. The summed E-state index contributed by atoms with van der Waals surface area (Å²) < 4.78 is 13.4. The second-order valence-electron chi connectivity index (χ2n) is 6.42. The summed E-state index contributed by atoms with van der Waals surface area (Å²) in [6, 6.07) is 7.86. The van der Waals surface area contributed by atoms with E-state index in [1.165, 1.54) is 0 Å². The number of ether oxygens (including phenoxy) is 2. The van der Waals surface area contributed by atoms with Crippen molar-refractivity contribution in [1.82, 2.24) is 14.9 Å². The van der Waals surface area contributed by atoms with Crippen LogP contribution in [-0.2, 0) is 16.6 Å². The number of hydrogen-bond donors (Lipinski definition) is 1. The van der Waals surface area contributed by atoms with Crippen LogP contribution in [0.5, 0.6) is 5.75 Å². The van der Waals surface area contributed by atoms with E-state index in [2.05, 4.69) is 10.3 Å². The van der Waals surface area contributed by atoms with Crippen LogP contribution < -0.4 is 10.1 Å². The lowest BCUT2D eigenvalue weighted by atomic mass is 9.97. The summed E-state index contributed by atoms with van der Waals surface area (Å²) in [7, 11) is 1.96. The van der Waals surface area contributed by atoms with Gasteiger partial charge in [0.15, 0.2) is 0 Å². The molecule has 0 radical (unpaired) electrons. The van der Waals surface area contributed by atoms with Gasteiger partial charge in [-0.2, -0.15) is 0 Å². The van der Waals surface area contributed by atoms with Crippen LogP contribution in [0.15, 0.2) is 36.8 Å². The Morgan fingerprint density at radius 1 is 1.38 bits per heavy atom. The molecule has 0 aliphatic carbocycles. The number of rotatable bonds is 3. The lowest BCUT2D eigenvalue weighted by Crippen LogP contribution is -2.42. The molecule has 3 atom stereocenters. The molecule has 2 aromatic rings. The molecule has 4 rings (SSSR count). The molecule has 1 aromatic heterocycles. The quantitative estimate of drug-likeness (QED) is 0.935. The van der Waals surface area contributed by atoms with E-state index in [4.69, 9.17) is 9.47 Å². The number of nitrogens with one attached hydrogen (secondary N) is 1. The molecule has 1 saturated heterocycles. The van der Waals surface area contributed by atoms with Gasteiger partial charge in [-0.3, -0.25) is 4.79 Å². The summed E-state index contributed by atoms with van der Waals surface area (Å²) in [6.07, 6.45) is 5.17. The van der Waals surface area contributed by atoms with E-state index in [1.54, 1.807) is 6.33 Å². The summed E-state index contributed by atoms with van der Waals surface area (Å²) in [6.45, 7) is 1.05. The molecule has 2 aliphatic rings. The van der Waals surface area contributed by atoms with E-state index in [0.717, 1.165) is 29.8 Å². The van der Waals surface area contributed by atoms with Gasteiger partial charge in [-0.1, -0.05) is 18.2 Å².